The van der Waals surface area contributed by atoms with Gasteiger partial charge >= 0.3 is 0 Å². The smallest absolute Gasteiger partial charge is 0.237 e. The van der Waals surface area contributed by atoms with Gasteiger partial charge in [-0.25, -0.2) is 4.98 Å². The molecule has 2 rings (SSSR count). The highest BCUT2D eigenvalue weighted by atomic mass is 79.9. The standard InChI is InChI=1S/C14H15BrClN3O/c1-3-17-12(9-6-10(15)8-11(16)7-9)13-14(20-2)19-5-4-18-13/h4-8,12,17H,3H2,1-2H3. The summed E-state index contributed by atoms with van der Waals surface area (Å²) in [5.74, 6) is 0.509. The van der Waals surface area contributed by atoms with Crippen LogP contribution < -0.4 is 10.1 Å². The molecule has 0 saturated carbocycles. The van der Waals surface area contributed by atoms with Gasteiger partial charge in [-0.2, -0.15) is 0 Å². The van der Waals surface area contributed by atoms with E-state index in [0.717, 1.165) is 22.3 Å². The Labute approximate surface area is 131 Å². The Morgan fingerprint density at radius 1 is 1.30 bits per heavy atom. The van der Waals surface area contributed by atoms with Crippen LogP contribution in [-0.4, -0.2) is 23.6 Å². The first-order chi connectivity index (χ1) is 9.65. The minimum absolute atomic E-state index is 0.126. The number of methoxy groups -OCH3 is 1. The van der Waals surface area contributed by atoms with Gasteiger partial charge in [0.25, 0.3) is 0 Å². The minimum Gasteiger partial charge on any atom is -0.480 e. The van der Waals surface area contributed by atoms with E-state index >= 15 is 0 Å². The SMILES string of the molecule is CCNC(c1cc(Cl)cc(Br)c1)c1nccnc1OC. The maximum atomic E-state index is 6.13. The maximum Gasteiger partial charge on any atom is 0.237 e. The highest BCUT2D eigenvalue weighted by Gasteiger charge is 2.20. The predicted octanol–water partition coefficient (Wildman–Crippen LogP) is 3.60. The molecule has 1 unspecified atom stereocenters. The number of hydrogen-bond acceptors (Lipinski definition) is 4. The Balaban J connectivity index is 2.50. The number of benzene rings is 1. The molecule has 0 bridgehead atoms. The van der Waals surface area contributed by atoms with Crippen LogP contribution in [0.25, 0.3) is 0 Å². The Kier molecular flexibility index (Phi) is 5.34. The molecule has 1 heterocycles. The highest BCUT2D eigenvalue weighted by molar-refractivity contribution is 9.10. The lowest BCUT2D eigenvalue weighted by molar-refractivity contribution is 0.383. The van der Waals surface area contributed by atoms with Crippen LogP contribution >= 0.6 is 27.5 Å². The van der Waals surface area contributed by atoms with Gasteiger partial charge in [0.15, 0.2) is 0 Å². The fourth-order valence-electron chi connectivity index (χ4n) is 2.01. The largest absolute Gasteiger partial charge is 0.480 e. The van der Waals surface area contributed by atoms with Gasteiger partial charge in [0.05, 0.1) is 13.2 Å². The zero-order valence-corrected chi connectivity index (χ0v) is 13.6. The van der Waals surface area contributed by atoms with Crippen LogP contribution in [0, 0.1) is 0 Å². The molecular formula is C14H15BrClN3O. The minimum atomic E-state index is -0.126. The molecule has 4 nitrogen and oxygen atoms in total. The summed E-state index contributed by atoms with van der Waals surface area (Å²) in [4.78, 5) is 8.60. The summed E-state index contributed by atoms with van der Waals surface area (Å²) in [6.45, 7) is 2.82. The monoisotopic (exact) mass is 355 g/mol. The van der Waals surface area contributed by atoms with Gasteiger partial charge < -0.3 is 10.1 Å². The van der Waals surface area contributed by atoms with Crippen molar-refractivity contribution in [3.63, 3.8) is 0 Å². The van der Waals surface area contributed by atoms with Crippen LogP contribution in [0.5, 0.6) is 5.88 Å². The normalized spacial score (nSPS) is 12.2. The summed E-state index contributed by atoms with van der Waals surface area (Å²) in [6, 6.07) is 5.64. The Morgan fingerprint density at radius 2 is 2.05 bits per heavy atom. The number of halogens is 2. The second-order valence-electron chi connectivity index (χ2n) is 4.14. The van der Waals surface area contributed by atoms with Crippen molar-refractivity contribution in [3.05, 3.63) is 51.3 Å². The van der Waals surface area contributed by atoms with E-state index in [4.69, 9.17) is 16.3 Å². The molecule has 0 aliphatic carbocycles. The van der Waals surface area contributed by atoms with E-state index < -0.39 is 0 Å². The molecule has 6 heteroatoms. The lowest BCUT2D eigenvalue weighted by Crippen LogP contribution is -2.24. The van der Waals surface area contributed by atoms with Crippen molar-refractivity contribution in [3.8, 4) is 5.88 Å². The molecule has 0 saturated heterocycles. The van der Waals surface area contributed by atoms with E-state index in [-0.39, 0.29) is 6.04 Å². The average Bonchev–Trinajstić information content (AvgIpc) is 2.43. The zero-order valence-electron chi connectivity index (χ0n) is 11.2. The fraction of sp³-hybridized carbons (Fsp3) is 0.286. The third-order valence-electron chi connectivity index (χ3n) is 2.78. The second kappa shape index (κ2) is 7.02. The maximum absolute atomic E-state index is 6.13. The van der Waals surface area contributed by atoms with Gasteiger partial charge in [0, 0.05) is 21.9 Å². The van der Waals surface area contributed by atoms with Crippen LogP contribution in [0.15, 0.2) is 35.1 Å². The highest BCUT2D eigenvalue weighted by Crippen LogP contribution is 2.30. The van der Waals surface area contributed by atoms with E-state index in [1.807, 2.05) is 25.1 Å². The van der Waals surface area contributed by atoms with Crippen molar-refractivity contribution in [1.82, 2.24) is 15.3 Å². The zero-order chi connectivity index (χ0) is 14.5. The molecule has 0 aliphatic heterocycles. The summed E-state index contributed by atoms with van der Waals surface area (Å²) in [7, 11) is 1.59. The Bertz CT molecular complexity index is 574. The van der Waals surface area contributed by atoms with Gasteiger partial charge in [0.2, 0.25) is 5.88 Å². The van der Waals surface area contributed by atoms with E-state index in [2.05, 4.69) is 31.2 Å². The van der Waals surface area contributed by atoms with Crippen LogP contribution in [0.1, 0.15) is 24.2 Å². The molecule has 0 aliphatic rings. The topological polar surface area (TPSA) is 47.0 Å². The molecule has 0 spiro atoms. The lowest BCUT2D eigenvalue weighted by atomic mass is 10.0. The summed E-state index contributed by atoms with van der Waals surface area (Å²) >= 11 is 9.59. The van der Waals surface area contributed by atoms with Crippen LogP contribution in [0.2, 0.25) is 5.02 Å². The average molecular weight is 357 g/mol. The molecule has 1 N–H and O–H groups in total. The summed E-state index contributed by atoms with van der Waals surface area (Å²) < 4.78 is 6.22. The number of hydrogen-bond donors (Lipinski definition) is 1. The van der Waals surface area contributed by atoms with Gasteiger partial charge in [-0.15, -0.1) is 0 Å². The fourth-order valence-corrected chi connectivity index (χ4v) is 2.90. The summed E-state index contributed by atoms with van der Waals surface area (Å²) in [5, 5.41) is 4.05. The van der Waals surface area contributed by atoms with Gasteiger partial charge in [-0.05, 0) is 30.3 Å². The van der Waals surface area contributed by atoms with Crippen molar-refractivity contribution in [2.45, 2.75) is 13.0 Å². The van der Waals surface area contributed by atoms with Crippen LogP contribution in [-0.2, 0) is 0 Å². The van der Waals surface area contributed by atoms with Crippen molar-refractivity contribution >= 4 is 27.5 Å². The van der Waals surface area contributed by atoms with Gasteiger partial charge in [-0.1, -0.05) is 34.5 Å². The Morgan fingerprint density at radius 3 is 2.70 bits per heavy atom. The first-order valence-electron chi connectivity index (χ1n) is 6.20. The van der Waals surface area contributed by atoms with E-state index in [9.17, 15) is 0 Å². The first-order valence-corrected chi connectivity index (χ1v) is 7.37. The molecule has 0 amide bonds. The van der Waals surface area contributed by atoms with Gasteiger partial charge in [0.1, 0.15) is 5.69 Å². The third kappa shape index (κ3) is 3.48. The molecule has 106 valence electrons. The van der Waals surface area contributed by atoms with Crippen molar-refractivity contribution < 1.29 is 4.74 Å². The van der Waals surface area contributed by atoms with E-state index in [0.29, 0.717) is 10.9 Å². The van der Waals surface area contributed by atoms with E-state index in [1.54, 1.807) is 19.5 Å². The number of ether oxygens (including phenoxy) is 1. The lowest BCUT2D eigenvalue weighted by Gasteiger charge is -2.19. The molecule has 20 heavy (non-hydrogen) atoms. The molecular weight excluding hydrogens is 342 g/mol. The molecule has 0 radical (unpaired) electrons. The molecule has 1 aromatic carbocycles. The number of aromatic nitrogens is 2. The van der Waals surface area contributed by atoms with Gasteiger partial charge in [-0.3, -0.25) is 4.98 Å². The molecule has 0 fully saturated rings. The molecule has 1 atom stereocenters. The number of rotatable bonds is 5. The van der Waals surface area contributed by atoms with Crippen molar-refractivity contribution in [2.75, 3.05) is 13.7 Å². The molecule has 1 aromatic heterocycles. The Hall–Kier alpha value is -1.17. The predicted molar refractivity (Wildman–Crippen MR) is 83.3 cm³/mol. The van der Waals surface area contributed by atoms with Crippen molar-refractivity contribution in [2.24, 2.45) is 0 Å². The number of nitrogens with zero attached hydrogens (tertiary/aromatic N) is 2. The first kappa shape index (κ1) is 15.2. The quantitative estimate of drug-likeness (QED) is 0.889. The van der Waals surface area contributed by atoms with Crippen molar-refractivity contribution in [1.29, 1.82) is 0 Å². The van der Waals surface area contributed by atoms with Crippen LogP contribution in [0.3, 0.4) is 0 Å². The second-order valence-corrected chi connectivity index (χ2v) is 5.50. The number of nitrogens with one attached hydrogen (secondary N) is 1. The molecule has 2 aromatic rings. The van der Waals surface area contributed by atoms with Crippen LogP contribution in [0.4, 0.5) is 0 Å². The summed E-state index contributed by atoms with van der Waals surface area (Å²) in [5.41, 5.74) is 1.75. The third-order valence-corrected chi connectivity index (χ3v) is 3.46. The van der Waals surface area contributed by atoms with E-state index in [1.165, 1.54) is 0 Å². The summed E-state index contributed by atoms with van der Waals surface area (Å²) in [6.07, 6.45) is 3.26.